The highest BCUT2D eigenvalue weighted by Gasteiger charge is 2.35. The van der Waals surface area contributed by atoms with E-state index in [0.717, 1.165) is 19.3 Å². The van der Waals surface area contributed by atoms with Gasteiger partial charge in [-0.05, 0) is 37.4 Å². The molecule has 0 aliphatic rings. The highest BCUT2D eigenvalue weighted by molar-refractivity contribution is 5.28. The summed E-state index contributed by atoms with van der Waals surface area (Å²) in [5, 5.41) is 3.44. The van der Waals surface area contributed by atoms with Crippen molar-refractivity contribution in [1.29, 1.82) is 0 Å². The van der Waals surface area contributed by atoms with Crippen molar-refractivity contribution in [3.05, 3.63) is 35.4 Å². The first-order valence-electron chi connectivity index (χ1n) is 6.98. The molecule has 1 aromatic rings. The van der Waals surface area contributed by atoms with E-state index in [1.54, 1.807) is 0 Å². The fraction of sp³-hybridized carbons (Fsp3) is 0.625. The van der Waals surface area contributed by atoms with Crippen LogP contribution in [0.2, 0.25) is 0 Å². The molecule has 1 rings (SSSR count). The molecule has 1 N–H and O–H groups in total. The SMILES string of the molecule is CCc1cccc(C(NC)C(CC)(CC)OC)c1. The number of benzene rings is 1. The van der Waals surface area contributed by atoms with Gasteiger partial charge in [0.15, 0.2) is 0 Å². The molecule has 0 spiro atoms. The first-order chi connectivity index (χ1) is 8.67. The van der Waals surface area contributed by atoms with Gasteiger partial charge < -0.3 is 10.1 Å². The Kier molecular flexibility index (Phi) is 5.83. The van der Waals surface area contributed by atoms with E-state index in [4.69, 9.17) is 4.74 Å². The van der Waals surface area contributed by atoms with Crippen molar-refractivity contribution < 1.29 is 4.74 Å². The molecule has 0 saturated heterocycles. The normalized spacial score (nSPS) is 13.6. The van der Waals surface area contributed by atoms with Gasteiger partial charge in [-0.15, -0.1) is 0 Å². The van der Waals surface area contributed by atoms with Crippen molar-refractivity contribution in [3.63, 3.8) is 0 Å². The standard InChI is InChI=1S/C16H27NO/c1-6-13-10-9-11-14(12-13)15(17-4)16(7-2,8-3)18-5/h9-12,15,17H,6-8H2,1-5H3. The molecule has 0 bridgehead atoms. The van der Waals surface area contributed by atoms with Crippen LogP contribution in [0.4, 0.5) is 0 Å². The Morgan fingerprint density at radius 1 is 1.22 bits per heavy atom. The summed E-state index contributed by atoms with van der Waals surface area (Å²) in [6.07, 6.45) is 3.08. The zero-order valence-corrected chi connectivity index (χ0v) is 12.4. The van der Waals surface area contributed by atoms with E-state index < -0.39 is 0 Å². The van der Waals surface area contributed by atoms with Gasteiger partial charge in [-0.3, -0.25) is 0 Å². The van der Waals surface area contributed by atoms with Crippen LogP contribution in [0.5, 0.6) is 0 Å². The lowest BCUT2D eigenvalue weighted by molar-refractivity contribution is -0.0468. The highest BCUT2D eigenvalue weighted by atomic mass is 16.5. The molecule has 0 aliphatic carbocycles. The number of likely N-dealkylation sites (N-methyl/N-ethyl adjacent to an activating group) is 1. The lowest BCUT2D eigenvalue weighted by Crippen LogP contribution is -2.43. The van der Waals surface area contributed by atoms with E-state index in [-0.39, 0.29) is 11.6 Å². The zero-order chi connectivity index (χ0) is 13.6. The Bertz CT molecular complexity index is 350. The van der Waals surface area contributed by atoms with Gasteiger partial charge in [0.2, 0.25) is 0 Å². The van der Waals surface area contributed by atoms with Gasteiger partial charge in [0.1, 0.15) is 0 Å². The van der Waals surface area contributed by atoms with Crippen LogP contribution < -0.4 is 5.32 Å². The Hall–Kier alpha value is -0.860. The second-order valence-electron chi connectivity index (χ2n) is 4.80. The van der Waals surface area contributed by atoms with Gasteiger partial charge in [-0.1, -0.05) is 45.0 Å². The zero-order valence-electron chi connectivity index (χ0n) is 12.4. The Balaban J connectivity index is 3.14. The molecule has 1 aromatic carbocycles. The third-order valence-corrected chi connectivity index (χ3v) is 4.11. The average molecular weight is 249 g/mol. The fourth-order valence-electron chi connectivity index (χ4n) is 2.79. The van der Waals surface area contributed by atoms with Crippen molar-refractivity contribution >= 4 is 0 Å². The highest BCUT2D eigenvalue weighted by Crippen LogP contribution is 2.34. The minimum Gasteiger partial charge on any atom is -0.376 e. The van der Waals surface area contributed by atoms with E-state index in [1.165, 1.54) is 11.1 Å². The van der Waals surface area contributed by atoms with E-state index in [1.807, 2.05) is 14.2 Å². The number of aryl methyl sites for hydroxylation is 1. The summed E-state index contributed by atoms with van der Waals surface area (Å²) in [6, 6.07) is 9.05. The maximum Gasteiger partial charge on any atom is 0.0867 e. The number of methoxy groups -OCH3 is 1. The van der Waals surface area contributed by atoms with Crippen LogP contribution in [0.3, 0.4) is 0 Å². The third-order valence-electron chi connectivity index (χ3n) is 4.11. The number of hydrogen-bond donors (Lipinski definition) is 1. The molecular formula is C16H27NO. The van der Waals surface area contributed by atoms with Crippen LogP contribution >= 0.6 is 0 Å². The number of hydrogen-bond acceptors (Lipinski definition) is 2. The molecule has 0 saturated carbocycles. The van der Waals surface area contributed by atoms with Gasteiger partial charge in [0.25, 0.3) is 0 Å². The van der Waals surface area contributed by atoms with Crippen molar-refractivity contribution in [2.45, 2.75) is 51.7 Å². The van der Waals surface area contributed by atoms with Gasteiger partial charge in [0.05, 0.1) is 11.6 Å². The van der Waals surface area contributed by atoms with Crippen molar-refractivity contribution in [3.8, 4) is 0 Å². The summed E-state index contributed by atoms with van der Waals surface area (Å²) in [6.45, 7) is 6.58. The molecule has 0 fully saturated rings. The average Bonchev–Trinajstić information content (AvgIpc) is 2.45. The largest absolute Gasteiger partial charge is 0.376 e. The van der Waals surface area contributed by atoms with E-state index in [9.17, 15) is 0 Å². The van der Waals surface area contributed by atoms with Crippen LogP contribution in [0.15, 0.2) is 24.3 Å². The van der Waals surface area contributed by atoms with E-state index in [2.05, 4.69) is 50.4 Å². The van der Waals surface area contributed by atoms with Crippen LogP contribution in [0.25, 0.3) is 0 Å². The summed E-state index contributed by atoms with van der Waals surface area (Å²) in [5.41, 5.74) is 2.58. The Morgan fingerprint density at radius 3 is 2.33 bits per heavy atom. The molecule has 1 atom stereocenters. The fourth-order valence-corrected chi connectivity index (χ4v) is 2.79. The predicted octanol–water partition coefficient (Wildman–Crippen LogP) is 3.71. The van der Waals surface area contributed by atoms with Crippen molar-refractivity contribution in [1.82, 2.24) is 5.32 Å². The molecular weight excluding hydrogens is 222 g/mol. The van der Waals surface area contributed by atoms with Crippen molar-refractivity contribution in [2.24, 2.45) is 0 Å². The lowest BCUT2D eigenvalue weighted by Gasteiger charge is -2.38. The Labute approximate surface area is 112 Å². The molecule has 0 amide bonds. The minimum absolute atomic E-state index is 0.124. The summed E-state index contributed by atoms with van der Waals surface area (Å²) < 4.78 is 5.85. The monoisotopic (exact) mass is 249 g/mol. The van der Waals surface area contributed by atoms with Gasteiger partial charge >= 0.3 is 0 Å². The summed E-state index contributed by atoms with van der Waals surface area (Å²) in [4.78, 5) is 0. The lowest BCUT2D eigenvalue weighted by atomic mass is 9.83. The third kappa shape index (κ3) is 2.93. The molecule has 0 aromatic heterocycles. The smallest absolute Gasteiger partial charge is 0.0867 e. The van der Waals surface area contributed by atoms with E-state index in [0.29, 0.717) is 0 Å². The molecule has 0 heterocycles. The topological polar surface area (TPSA) is 21.3 Å². The van der Waals surface area contributed by atoms with Crippen LogP contribution in [-0.4, -0.2) is 19.8 Å². The van der Waals surface area contributed by atoms with Gasteiger partial charge in [-0.2, -0.15) is 0 Å². The van der Waals surface area contributed by atoms with Gasteiger partial charge in [0, 0.05) is 7.11 Å². The van der Waals surface area contributed by atoms with Gasteiger partial charge in [-0.25, -0.2) is 0 Å². The molecule has 0 aliphatic heterocycles. The maximum absolute atomic E-state index is 5.85. The molecule has 1 unspecified atom stereocenters. The van der Waals surface area contributed by atoms with Crippen molar-refractivity contribution in [2.75, 3.05) is 14.2 Å². The van der Waals surface area contributed by atoms with E-state index >= 15 is 0 Å². The number of nitrogens with one attached hydrogen (secondary N) is 1. The first kappa shape index (κ1) is 15.2. The minimum atomic E-state index is -0.124. The second kappa shape index (κ2) is 6.91. The molecule has 102 valence electrons. The van der Waals surface area contributed by atoms with Crippen LogP contribution in [0.1, 0.15) is 50.8 Å². The second-order valence-corrected chi connectivity index (χ2v) is 4.80. The van der Waals surface area contributed by atoms with Crippen LogP contribution in [0, 0.1) is 0 Å². The molecule has 2 nitrogen and oxygen atoms in total. The summed E-state index contributed by atoms with van der Waals surface area (Å²) >= 11 is 0. The first-order valence-corrected chi connectivity index (χ1v) is 6.98. The molecule has 18 heavy (non-hydrogen) atoms. The quantitative estimate of drug-likeness (QED) is 0.795. The van der Waals surface area contributed by atoms with Crippen LogP contribution in [-0.2, 0) is 11.2 Å². The predicted molar refractivity (Wildman–Crippen MR) is 77.9 cm³/mol. The summed E-state index contributed by atoms with van der Waals surface area (Å²) in [7, 11) is 3.84. The molecule has 2 heteroatoms. The maximum atomic E-state index is 5.85. The number of ether oxygens (including phenoxy) is 1. The molecule has 0 radical (unpaired) electrons. The Morgan fingerprint density at radius 2 is 1.89 bits per heavy atom. The number of rotatable bonds is 7. The summed E-state index contributed by atoms with van der Waals surface area (Å²) in [5.74, 6) is 0.